The van der Waals surface area contributed by atoms with E-state index < -0.39 is 72.8 Å². The average molecular weight is 518 g/mol. The fraction of sp³-hybridized carbons (Fsp3) is 0.905. The lowest BCUT2D eigenvalue weighted by Gasteiger charge is -2.43. The quantitative estimate of drug-likeness (QED) is 0.236. The Morgan fingerprint density at radius 3 is 1.53 bits per heavy atom. The number of hydrogen-bond acceptors (Lipinski definition) is 4. The molecule has 0 fully saturated rings. The van der Waals surface area contributed by atoms with Crippen molar-refractivity contribution in [2.75, 3.05) is 13.2 Å². The Morgan fingerprint density at radius 1 is 0.676 bits per heavy atom. The van der Waals surface area contributed by atoms with Crippen molar-refractivity contribution < 1.29 is 58.6 Å². The molecule has 202 valence electrons. The Bertz CT molecular complexity index is 719. The predicted molar refractivity (Wildman–Crippen MR) is 104 cm³/mol. The van der Waals surface area contributed by atoms with Crippen LogP contribution in [0.5, 0.6) is 0 Å². The van der Waals surface area contributed by atoms with E-state index in [1.807, 2.05) is 41.5 Å². The zero-order valence-electron chi connectivity index (χ0n) is 20.1. The van der Waals surface area contributed by atoms with Crippen molar-refractivity contribution in [3.8, 4) is 0 Å². The van der Waals surface area contributed by atoms with Gasteiger partial charge in [0.2, 0.25) is 0 Å². The molecule has 1 unspecified atom stereocenters. The highest BCUT2D eigenvalue weighted by Gasteiger charge is 2.81. The van der Waals surface area contributed by atoms with Gasteiger partial charge >= 0.3 is 35.9 Å². The smallest absolute Gasteiger partial charge is 0.460 e. The van der Waals surface area contributed by atoms with Crippen molar-refractivity contribution >= 4 is 11.9 Å². The van der Waals surface area contributed by atoms with Crippen molar-refractivity contribution in [1.82, 2.24) is 0 Å². The number of alkyl halides is 9. The van der Waals surface area contributed by atoms with Crippen LogP contribution in [0.4, 0.5) is 39.5 Å². The third-order valence-electron chi connectivity index (χ3n) is 5.42. The first-order chi connectivity index (χ1) is 14.7. The van der Waals surface area contributed by atoms with Crippen molar-refractivity contribution in [2.24, 2.45) is 16.2 Å². The molecule has 0 N–H and O–H groups in total. The first kappa shape index (κ1) is 32.3. The number of rotatable bonds is 10. The fourth-order valence-electron chi connectivity index (χ4n) is 3.02. The maximum atomic E-state index is 13.4. The van der Waals surface area contributed by atoms with E-state index in [1.165, 1.54) is 0 Å². The molecule has 0 amide bonds. The van der Waals surface area contributed by atoms with Crippen LogP contribution in [-0.2, 0) is 19.1 Å². The number of esters is 2. The van der Waals surface area contributed by atoms with Crippen LogP contribution in [0.1, 0.15) is 67.7 Å². The number of halogens is 9. The molecule has 34 heavy (non-hydrogen) atoms. The minimum Gasteiger partial charge on any atom is -0.465 e. The summed E-state index contributed by atoms with van der Waals surface area (Å²) >= 11 is 0. The summed E-state index contributed by atoms with van der Waals surface area (Å²) in [5.41, 5.74) is -1.80. The van der Waals surface area contributed by atoms with E-state index in [-0.39, 0.29) is 5.41 Å². The molecule has 0 radical (unpaired) electrons. The minimum atomic E-state index is -7.01. The Kier molecular flexibility index (Phi) is 9.62. The van der Waals surface area contributed by atoms with Crippen molar-refractivity contribution in [1.29, 1.82) is 0 Å². The Labute approximate surface area is 192 Å². The zero-order chi connectivity index (χ0) is 27.6. The molecular formula is C21H31F9O4. The molecule has 0 rings (SSSR count). The molecule has 0 bridgehead atoms. The van der Waals surface area contributed by atoms with Crippen LogP contribution in [0.15, 0.2) is 0 Å². The first-order valence-corrected chi connectivity index (χ1v) is 10.3. The molecule has 0 aliphatic heterocycles. The second-order valence-corrected chi connectivity index (χ2v) is 10.5. The van der Waals surface area contributed by atoms with Gasteiger partial charge in [0.1, 0.15) is 6.61 Å². The summed E-state index contributed by atoms with van der Waals surface area (Å²) in [6.07, 6.45) is -9.47. The van der Waals surface area contributed by atoms with Gasteiger partial charge < -0.3 is 9.47 Å². The standard InChI is InChI=1S/C21H31F9O4/c1-15(2,3)12-17(7,16(4,5)6)14(32)34-10-8-13(31)33-11-9-18(22,23)19(24,25)20(26,27)21(28,29)30/h8-12H2,1-7H3. The zero-order valence-corrected chi connectivity index (χ0v) is 20.1. The molecule has 13 heteroatoms. The molecule has 0 aromatic rings. The van der Waals surface area contributed by atoms with Gasteiger partial charge in [0, 0.05) is 0 Å². The van der Waals surface area contributed by atoms with E-state index in [4.69, 9.17) is 4.74 Å². The monoisotopic (exact) mass is 518 g/mol. The minimum absolute atomic E-state index is 0.268. The van der Waals surface area contributed by atoms with Gasteiger partial charge in [0.15, 0.2) is 0 Å². The van der Waals surface area contributed by atoms with E-state index in [0.717, 1.165) is 0 Å². The highest BCUT2D eigenvalue weighted by molar-refractivity contribution is 5.78. The molecule has 0 aliphatic rings. The lowest BCUT2D eigenvalue weighted by atomic mass is 9.61. The second-order valence-electron chi connectivity index (χ2n) is 10.5. The maximum absolute atomic E-state index is 13.4. The highest BCUT2D eigenvalue weighted by Crippen LogP contribution is 2.54. The van der Waals surface area contributed by atoms with E-state index in [9.17, 15) is 49.1 Å². The molecule has 0 aromatic carbocycles. The van der Waals surface area contributed by atoms with Gasteiger partial charge in [-0.15, -0.1) is 0 Å². The Balaban J connectivity index is 4.93. The molecule has 0 saturated carbocycles. The summed E-state index contributed by atoms with van der Waals surface area (Å²) in [5, 5.41) is 0. The summed E-state index contributed by atoms with van der Waals surface area (Å²) in [7, 11) is 0. The molecule has 0 aromatic heterocycles. The van der Waals surface area contributed by atoms with Crippen LogP contribution >= 0.6 is 0 Å². The maximum Gasteiger partial charge on any atom is 0.460 e. The van der Waals surface area contributed by atoms with Gasteiger partial charge in [-0.2, -0.15) is 39.5 Å². The van der Waals surface area contributed by atoms with E-state index >= 15 is 0 Å². The van der Waals surface area contributed by atoms with Crippen LogP contribution in [0.25, 0.3) is 0 Å². The lowest BCUT2D eigenvalue weighted by molar-refractivity contribution is -0.397. The Hall–Kier alpha value is -1.69. The van der Waals surface area contributed by atoms with Gasteiger partial charge in [0.05, 0.1) is 24.9 Å². The summed E-state index contributed by atoms with van der Waals surface area (Å²) in [6, 6.07) is 0. The molecule has 0 aliphatic carbocycles. The van der Waals surface area contributed by atoms with E-state index in [2.05, 4.69) is 4.74 Å². The SMILES string of the molecule is CC(C)(C)CC(C)(C(=O)OCCC(=O)OCCC(F)(F)C(F)(F)C(F)(F)C(F)(F)F)C(C)(C)C. The topological polar surface area (TPSA) is 52.6 Å². The molecule has 4 nitrogen and oxygen atoms in total. The van der Waals surface area contributed by atoms with Crippen LogP contribution in [0.3, 0.4) is 0 Å². The third-order valence-corrected chi connectivity index (χ3v) is 5.42. The van der Waals surface area contributed by atoms with E-state index in [0.29, 0.717) is 6.42 Å². The molecule has 0 heterocycles. The summed E-state index contributed by atoms with van der Waals surface area (Å²) in [4.78, 5) is 24.3. The molecule has 0 spiro atoms. The molecule has 1 atom stereocenters. The number of ether oxygens (including phenoxy) is 2. The van der Waals surface area contributed by atoms with Crippen LogP contribution in [-0.4, -0.2) is 49.1 Å². The van der Waals surface area contributed by atoms with E-state index in [1.54, 1.807) is 6.92 Å². The second kappa shape index (κ2) is 10.1. The average Bonchev–Trinajstić information content (AvgIpc) is 2.57. The van der Waals surface area contributed by atoms with Crippen molar-refractivity contribution in [2.45, 2.75) is 91.7 Å². The summed E-state index contributed by atoms with van der Waals surface area (Å²) in [5.74, 6) is -21.6. The van der Waals surface area contributed by atoms with Crippen LogP contribution in [0, 0.1) is 16.2 Å². The van der Waals surface area contributed by atoms with Gasteiger partial charge in [-0.25, -0.2) is 0 Å². The highest BCUT2D eigenvalue weighted by atomic mass is 19.4. The molecule has 0 saturated heterocycles. The largest absolute Gasteiger partial charge is 0.465 e. The summed E-state index contributed by atoms with van der Waals surface area (Å²) < 4.78 is 124. The van der Waals surface area contributed by atoms with Gasteiger partial charge in [-0.1, -0.05) is 41.5 Å². The first-order valence-electron chi connectivity index (χ1n) is 10.3. The molecular weight excluding hydrogens is 487 g/mol. The van der Waals surface area contributed by atoms with Gasteiger partial charge in [-0.05, 0) is 24.2 Å². The normalized spacial score (nSPS) is 16.1. The fourth-order valence-corrected chi connectivity index (χ4v) is 3.02. The lowest BCUT2D eigenvalue weighted by Crippen LogP contribution is -2.61. The van der Waals surface area contributed by atoms with Gasteiger partial charge in [-0.3, -0.25) is 9.59 Å². The van der Waals surface area contributed by atoms with Crippen molar-refractivity contribution in [3.63, 3.8) is 0 Å². The number of hydrogen-bond donors (Lipinski definition) is 0. The number of carbonyl (C=O) groups excluding carboxylic acids is 2. The van der Waals surface area contributed by atoms with Crippen LogP contribution in [0.2, 0.25) is 0 Å². The van der Waals surface area contributed by atoms with Crippen molar-refractivity contribution in [3.05, 3.63) is 0 Å². The Morgan fingerprint density at radius 2 is 1.15 bits per heavy atom. The van der Waals surface area contributed by atoms with Crippen LogP contribution < -0.4 is 0 Å². The number of carbonyl (C=O) groups is 2. The predicted octanol–water partition coefficient (Wildman–Crippen LogP) is 6.81. The third kappa shape index (κ3) is 7.40. The summed E-state index contributed by atoms with van der Waals surface area (Å²) in [6.45, 7) is 10.7. The van der Waals surface area contributed by atoms with Gasteiger partial charge in [0.25, 0.3) is 0 Å².